The van der Waals surface area contributed by atoms with Crippen LogP contribution < -0.4 is 30.2 Å². The number of nitrogens with one attached hydrogen (secondary N) is 3. The molecule has 3 N–H and O–H groups in total. The van der Waals surface area contributed by atoms with Gasteiger partial charge in [0.05, 0.1) is 27.1 Å². The molecule has 0 heterocycles. The van der Waals surface area contributed by atoms with Gasteiger partial charge in [-0.1, -0.05) is 36.4 Å². The van der Waals surface area contributed by atoms with Crippen molar-refractivity contribution < 1.29 is 28.6 Å². The zero-order valence-electron chi connectivity index (χ0n) is 23.9. The van der Waals surface area contributed by atoms with Crippen molar-refractivity contribution >= 4 is 46.9 Å². The SMILES string of the molecule is COc1ccc(/C=C(/NC(=O)c2ccccc2)C(=O)Nc2cccc(SCC(=O)Nc3cc(OC)cc(OC)c3)c2)cc1. The van der Waals surface area contributed by atoms with E-state index in [0.717, 1.165) is 4.90 Å². The Morgan fingerprint density at radius 2 is 1.37 bits per heavy atom. The summed E-state index contributed by atoms with van der Waals surface area (Å²) in [5.74, 6) is 0.779. The van der Waals surface area contributed by atoms with Gasteiger partial charge in [-0.25, -0.2) is 0 Å². The van der Waals surface area contributed by atoms with Crippen LogP contribution in [0, 0.1) is 0 Å². The van der Waals surface area contributed by atoms with Gasteiger partial charge in [0.2, 0.25) is 5.91 Å². The Labute approximate surface area is 254 Å². The molecule has 0 unspecified atom stereocenters. The van der Waals surface area contributed by atoms with E-state index in [-0.39, 0.29) is 17.4 Å². The van der Waals surface area contributed by atoms with E-state index >= 15 is 0 Å². The summed E-state index contributed by atoms with van der Waals surface area (Å²) in [6, 6.07) is 28.0. The standard InChI is InChI=1S/C33H31N3O6S/c1-40-26-14-12-22(13-15-26)16-30(36-32(38)23-8-5-4-6-9-23)33(39)35-24-10-7-11-29(19-24)43-21-31(37)34-25-17-27(41-2)20-28(18-25)42-3/h4-20H,21H2,1-3H3,(H,34,37)(H,35,39)(H,36,38)/b30-16+. The second-order valence-electron chi connectivity index (χ2n) is 9.07. The highest BCUT2D eigenvalue weighted by Crippen LogP contribution is 2.27. The van der Waals surface area contributed by atoms with Gasteiger partial charge in [0.15, 0.2) is 0 Å². The molecule has 0 atom stereocenters. The van der Waals surface area contributed by atoms with Crippen molar-refractivity contribution in [1.82, 2.24) is 5.32 Å². The number of ether oxygens (including phenoxy) is 3. The summed E-state index contributed by atoms with van der Waals surface area (Å²) < 4.78 is 15.7. The number of carbonyl (C=O) groups is 3. The number of carbonyl (C=O) groups excluding carboxylic acids is 3. The number of hydrogen-bond donors (Lipinski definition) is 3. The second-order valence-corrected chi connectivity index (χ2v) is 10.1. The molecule has 0 aliphatic rings. The van der Waals surface area contributed by atoms with E-state index in [4.69, 9.17) is 14.2 Å². The number of amides is 3. The van der Waals surface area contributed by atoms with Crippen LogP contribution in [0.2, 0.25) is 0 Å². The van der Waals surface area contributed by atoms with Crippen molar-refractivity contribution in [3.05, 3.63) is 114 Å². The molecule has 43 heavy (non-hydrogen) atoms. The molecule has 10 heteroatoms. The van der Waals surface area contributed by atoms with Crippen LogP contribution in [-0.4, -0.2) is 44.8 Å². The fourth-order valence-corrected chi connectivity index (χ4v) is 4.65. The molecule has 0 saturated heterocycles. The quantitative estimate of drug-likeness (QED) is 0.139. The Hall–Kier alpha value is -5.22. The van der Waals surface area contributed by atoms with E-state index in [9.17, 15) is 14.4 Å². The predicted octanol–water partition coefficient (Wildman–Crippen LogP) is 5.85. The largest absolute Gasteiger partial charge is 0.497 e. The van der Waals surface area contributed by atoms with Gasteiger partial charge in [0, 0.05) is 40.0 Å². The third-order valence-corrected chi connectivity index (χ3v) is 7.05. The van der Waals surface area contributed by atoms with E-state index in [1.807, 2.05) is 12.1 Å². The van der Waals surface area contributed by atoms with Crippen LogP contribution in [0.25, 0.3) is 6.08 Å². The highest BCUT2D eigenvalue weighted by molar-refractivity contribution is 8.00. The van der Waals surface area contributed by atoms with E-state index in [0.29, 0.717) is 39.8 Å². The molecule has 0 aliphatic carbocycles. The lowest BCUT2D eigenvalue weighted by molar-refractivity contribution is -0.114. The summed E-state index contributed by atoms with van der Waals surface area (Å²) in [5.41, 5.74) is 2.23. The Morgan fingerprint density at radius 1 is 0.698 bits per heavy atom. The van der Waals surface area contributed by atoms with Crippen LogP contribution in [0.15, 0.2) is 108 Å². The van der Waals surface area contributed by atoms with Crippen molar-refractivity contribution in [2.45, 2.75) is 4.90 Å². The maximum absolute atomic E-state index is 13.4. The highest BCUT2D eigenvalue weighted by atomic mass is 32.2. The number of hydrogen-bond acceptors (Lipinski definition) is 7. The fraction of sp³-hybridized carbons (Fsp3) is 0.121. The zero-order valence-corrected chi connectivity index (χ0v) is 24.7. The summed E-state index contributed by atoms with van der Waals surface area (Å²) in [5, 5.41) is 8.41. The minimum absolute atomic E-state index is 0.0603. The molecule has 0 spiro atoms. The Bertz CT molecular complexity index is 1580. The summed E-state index contributed by atoms with van der Waals surface area (Å²) >= 11 is 1.31. The van der Waals surface area contributed by atoms with Gasteiger partial charge in [-0.15, -0.1) is 11.8 Å². The number of methoxy groups -OCH3 is 3. The van der Waals surface area contributed by atoms with Gasteiger partial charge in [-0.2, -0.15) is 0 Å². The van der Waals surface area contributed by atoms with Crippen molar-refractivity contribution in [2.75, 3.05) is 37.7 Å². The van der Waals surface area contributed by atoms with Gasteiger partial charge in [0.1, 0.15) is 22.9 Å². The summed E-state index contributed by atoms with van der Waals surface area (Å²) in [4.78, 5) is 39.7. The van der Waals surface area contributed by atoms with Crippen LogP contribution in [0.1, 0.15) is 15.9 Å². The summed E-state index contributed by atoms with van der Waals surface area (Å²) in [6.07, 6.45) is 1.59. The molecule has 0 aromatic heterocycles. The lowest BCUT2D eigenvalue weighted by Crippen LogP contribution is -2.30. The average Bonchev–Trinajstić information content (AvgIpc) is 3.04. The number of benzene rings is 4. The Balaban J connectivity index is 1.44. The number of rotatable bonds is 12. The maximum Gasteiger partial charge on any atom is 0.272 e. The molecule has 0 radical (unpaired) electrons. The molecular weight excluding hydrogens is 566 g/mol. The minimum atomic E-state index is -0.507. The van der Waals surface area contributed by atoms with E-state index < -0.39 is 11.8 Å². The molecule has 4 aromatic rings. The average molecular weight is 598 g/mol. The van der Waals surface area contributed by atoms with Gasteiger partial charge in [0.25, 0.3) is 11.8 Å². The Kier molecular flexibility index (Phi) is 10.8. The minimum Gasteiger partial charge on any atom is -0.497 e. The van der Waals surface area contributed by atoms with Gasteiger partial charge in [-0.05, 0) is 54.1 Å². The van der Waals surface area contributed by atoms with Crippen LogP contribution in [0.5, 0.6) is 17.2 Å². The first-order chi connectivity index (χ1) is 20.9. The molecule has 4 rings (SSSR count). The van der Waals surface area contributed by atoms with E-state index in [1.54, 1.807) is 98.1 Å². The normalized spacial score (nSPS) is 10.8. The molecule has 0 bridgehead atoms. The topological polar surface area (TPSA) is 115 Å². The molecular formula is C33H31N3O6S. The van der Waals surface area contributed by atoms with Crippen molar-refractivity contribution in [3.8, 4) is 17.2 Å². The number of thioether (sulfide) groups is 1. The summed E-state index contributed by atoms with van der Waals surface area (Å²) in [7, 11) is 4.65. The van der Waals surface area contributed by atoms with Gasteiger partial charge in [-0.3, -0.25) is 14.4 Å². The van der Waals surface area contributed by atoms with Gasteiger partial charge < -0.3 is 30.2 Å². The smallest absolute Gasteiger partial charge is 0.272 e. The van der Waals surface area contributed by atoms with E-state index in [1.165, 1.54) is 26.0 Å². The van der Waals surface area contributed by atoms with Crippen LogP contribution >= 0.6 is 11.8 Å². The van der Waals surface area contributed by atoms with Crippen molar-refractivity contribution in [3.63, 3.8) is 0 Å². The second kappa shape index (κ2) is 15.1. The van der Waals surface area contributed by atoms with Crippen molar-refractivity contribution in [1.29, 1.82) is 0 Å². The fourth-order valence-electron chi connectivity index (χ4n) is 3.90. The first-order valence-corrected chi connectivity index (χ1v) is 14.1. The lowest BCUT2D eigenvalue weighted by atomic mass is 10.1. The first kappa shape index (κ1) is 30.7. The molecule has 0 aliphatic heterocycles. The first-order valence-electron chi connectivity index (χ1n) is 13.2. The zero-order chi connectivity index (χ0) is 30.6. The van der Waals surface area contributed by atoms with Crippen LogP contribution in [-0.2, 0) is 9.59 Å². The van der Waals surface area contributed by atoms with Crippen LogP contribution in [0.4, 0.5) is 11.4 Å². The highest BCUT2D eigenvalue weighted by Gasteiger charge is 2.16. The molecule has 9 nitrogen and oxygen atoms in total. The lowest BCUT2D eigenvalue weighted by Gasteiger charge is -2.12. The van der Waals surface area contributed by atoms with E-state index in [2.05, 4.69) is 16.0 Å². The van der Waals surface area contributed by atoms with Gasteiger partial charge >= 0.3 is 0 Å². The maximum atomic E-state index is 13.4. The monoisotopic (exact) mass is 597 g/mol. The molecule has 0 fully saturated rings. The molecule has 4 aromatic carbocycles. The van der Waals surface area contributed by atoms with Crippen LogP contribution in [0.3, 0.4) is 0 Å². The number of anilines is 2. The molecule has 0 saturated carbocycles. The predicted molar refractivity (Wildman–Crippen MR) is 169 cm³/mol. The Morgan fingerprint density at radius 3 is 2.02 bits per heavy atom. The molecule has 220 valence electrons. The third kappa shape index (κ3) is 9.14. The summed E-state index contributed by atoms with van der Waals surface area (Å²) in [6.45, 7) is 0. The third-order valence-electron chi connectivity index (χ3n) is 6.05. The van der Waals surface area contributed by atoms with Crippen molar-refractivity contribution in [2.24, 2.45) is 0 Å². The molecule has 3 amide bonds.